The standard InChI is InChI=1S/C28H22F2Se/c29-24-15-11-22(12-16-24)28(23-13-17-25(30)18-14-23)27(21-7-3-1-4-8-21)19-20-31-26-9-5-2-6-10-26/h1-18H,19-20H2. The van der Waals surface area contributed by atoms with E-state index in [1.807, 2.05) is 24.3 Å². The van der Waals surface area contributed by atoms with Crippen LogP contribution in [-0.2, 0) is 0 Å². The number of hydrogen-bond acceptors (Lipinski definition) is 0. The van der Waals surface area contributed by atoms with Crippen LogP contribution in [0.1, 0.15) is 23.1 Å². The van der Waals surface area contributed by atoms with Crippen molar-refractivity contribution in [2.45, 2.75) is 11.7 Å². The second-order valence-electron chi connectivity index (χ2n) is 7.14. The van der Waals surface area contributed by atoms with Crippen molar-refractivity contribution in [1.82, 2.24) is 0 Å². The molecule has 0 heterocycles. The first-order valence-electron chi connectivity index (χ1n) is 10.2. The molecule has 0 N–H and O–H groups in total. The molecule has 0 saturated carbocycles. The van der Waals surface area contributed by atoms with Gasteiger partial charge in [-0.05, 0) is 0 Å². The fraction of sp³-hybridized carbons (Fsp3) is 0.0714. The van der Waals surface area contributed by atoms with Crippen LogP contribution in [0.3, 0.4) is 0 Å². The molecule has 0 nitrogen and oxygen atoms in total. The first-order valence-corrected chi connectivity index (χ1v) is 12.3. The summed E-state index contributed by atoms with van der Waals surface area (Å²) in [7, 11) is 0. The van der Waals surface area contributed by atoms with Gasteiger partial charge in [-0.1, -0.05) is 0 Å². The Bertz CT molecular complexity index is 1090. The van der Waals surface area contributed by atoms with Gasteiger partial charge in [-0.2, -0.15) is 0 Å². The summed E-state index contributed by atoms with van der Waals surface area (Å²) in [5, 5.41) is 1.03. The summed E-state index contributed by atoms with van der Waals surface area (Å²) in [6.07, 6.45) is 0.878. The molecule has 0 saturated heterocycles. The minimum atomic E-state index is -0.268. The first-order chi connectivity index (χ1) is 15.2. The van der Waals surface area contributed by atoms with Crippen LogP contribution < -0.4 is 4.46 Å². The van der Waals surface area contributed by atoms with E-state index in [-0.39, 0.29) is 11.6 Å². The Morgan fingerprint density at radius 3 is 1.55 bits per heavy atom. The Morgan fingerprint density at radius 2 is 1.03 bits per heavy atom. The Hall–Kier alpha value is -3.00. The van der Waals surface area contributed by atoms with Crippen LogP contribution >= 0.6 is 0 Å². The minimum absolute atomic E-state index is 0.268. The molecular formula is C28H22F2Se. The second-order valence-corrected chi connectivity index (χ2v) is 9.60. The van der Waals surface area contributed by atoms with Gasteiger partial charge in [0, 0.05) is 0 Å². The van der Waals surface area contributed by atoms with Gasteiger partial charge in [-0.25, -0.2) is 0 Å². The van der Waals surface area contributed by atoms with Gasteiger partial charge in [-0.15, -0.1) is 0 Å². The van der Waals surface area contributed by atoms with Crippen LogP contribution in [0, 0.1) is 11.6 Å². The third-order valence-corrected chi connectivity index (χ3v) is 7.18. The van der Waals surface area contributed by atoms with E-state index in [1.165, 1.54) is 34.3 Å². The third kappa shape index (κ3) is 5.58. The van der Waals surface area contributed by atoms with E-state index in [1.54, 1.807) is 24.3 Å². The molecule has 0 unspecified atom stereocenters. The van der Waals surface area contributed by atoms with Crippen molar-refractivity contribution >= 4 is 30.6 Å². The predicted octanol–water partition coefficient (Wildman–Crippen LogP) is 6.76. The summed E-state index contributed by atoms with van der Waals surface area (Å²) >= 11 is 0.345. The summed E-state index contributed by atoms with van der Waals surface area (Å²) in [6, 6.07) is 34.0. The molecule has 0 radical (unpaired) electrons. The van der Waals surface area contributed by atoms with Gasteiger partial charge in [0.15, 0.2) is 0 Å². The van der Waals surface area contributed by atoms with E-state index in [0.717, 1.165) is 34.0 Å². The fourth-order valence-electron chi connectivity index (χ4n) is 3.59. The van der Waals surface area contributed by atoms with E-state index in [9.17, 15) is 8.78 Å². The quantitative estimate of drug-likeness (QED) is 0.205. The summed E-state index contributed by atoms with van der Waals surface area (Å²) in [5.41, 5.74) is 5.21. The number of allylic oxidation sites excluding steroid dienone is 1. The second kappa shape index (κ2) is 10.3. The maximum atomic E-state index is 13.7. The van der Waals surface area contributed by atoms with Crippen LogP contribution in [0.25, 0.3) is 11.1 Å². The van der Waals surface area contributed by atoms with E-state index in [0.29, 0.717) is 15.0 Å². The average molecular weight is 475 g/mol. The molecule has 4 aromatic carbocycles. The molecule has 0 spiro atoms. The van der Waals surface area contributed by atoms with E-state index in [2.05, 4.69) is 36.4 Å². The summed E-state index contributed by atoms with van der Waals surface area (Å²) in [5.74, 6) is -0.535. The predicted molar refractivity (Wildman–Crippen MR) is 126 cm³/mol. The monoisotopic (exact) mass is 476 g/mol. The number of benzene rings is 4. The molecule has 0 amide bonds. The van der Waals surface area contributed by atoms with Crippen molar-refractivity contribution in [2.75, 3.05) is 0 Å². The average Bonchev–Trinajstić information content (AvgIpc) is 2.82. The Morgan fingerprint density at radius 1 is 0.548 bits per heavy atom. The molecule has 3 heteroatoms. The molecule has 0 bridgehead atoms. The van der Waals surface area contributed by atoms with Crippen LogP contribution in [0.4, 0.5) is 8.78 Å². The normalized spacial score (nSPS) is 10.6. The molecule has 0 aliphatic carbocycles. The van der Waals surface area contributed by atoms with Gasteiger partial charge in [0.1, 0.15) is 0 Å². The molecule has 0 aliphatic rings. The molecule has 154 valence electrons. The Kier molecular flexibility index (Phi) is 7.09. The van der Waals surface area contributed by atoms with Crippen molar-refractivity contribution in [2.24, 2.45) is 0 Å². The van der Waals surface area contributed by atoms with Gasteiger partial charge in [0.05, 0.1) is 0 Å². The molecule has 0 atom stereocenters. The van der Waals surface area contributed by atoms with Gasteiger partial charge < -0.3 is 0 Å². The SMILES string of the molecule is Fc1ccc(C(=C(CC[Se]c2ccccc2)c2ccccc2)c2ccc(F)cc2)cc1. The van der Waals surface area contributed by atoms with Gasteiger partial charge >= 0.3 is 189 Å². The fourth-order valence-corrected chi connectivity index (χ4v) is 5.46. The number of hydrogen-bond donors (Lipinski definition) is 0. The van der Waals surface area contributed by atoms with Gasteiger partial charge in [0.25, 0.3) is 0 Å². The molecule has 4 rings (SSSR count). The van der Waals surface area contributed by atoms with Crippen LogP contribution in [0.15, 0.2) is 109 Å². The molecule has 0 fully saturated rings. The molecule has 0 aliphatic heterocycles. The molecule has 31 heavy (non-hydrogen) atoms. The Labute approximate surface area is 188 Å². The van der Waals surface area contributed by atoms with E-state index in [4.69, 9.17) is 0 Å². The summed E-state index contributed by atoms with van der Waals surface area (Å²) in [6.45, 7) is 0. The molecule has 4 aromatic rings. The maximum absolute atomic E-state index is 13.7. The van der Waals surface area contributed by atoms with Crippen molar-refractivity contribution in [3.05, 3.63) is 138 Å². The zero-order valence-electron chi connectivity index (χ0n) is 17.0. The zero-order chi connectivity index (χ0) is 21.5. The first kappa shape index (κ1) is 21.2. The summed E-state index contributed by atoms with van der Waals surface area (Å²) in [4.78, 5) is 0. The molecular weight excluding hydrogens is 453 g/mol. The van der Waals surface area contributed by atoms with Crippen LogP contribution in [0.2, 0.25) is 5.32 Å². The number of halogens is 2. The number of rotatable bonds is 7. The van der Waals surface area contributed by atoms with Crippen LogP contribution in [-0.4, -0.2) is 15.0 Å². The summed E-state index contributed by atoms with van der Waals surface area (Å²) < 4.78 is 28.7. The van der Waals surface area contributed by atoms with Gasteiger partial charge in [-0.3, -0.25) is 0 Å². The van der Waals surface area contributed by atoms with Crippen LogP contribution in [0.5, 0.6) is 0 Å². The Balaban J connectivity index is 1.80. The van der Waals surface area contributed by atoms with E-state index < -0.39 is 0 Å². The zero-order valence-corrected chi connectivity index (χ0v) is 18.7. The topological polar surface area (TPSA) is 0 Å². The third-order valence-electron chi connectivity index (χ3n) is 5.05. The van der Waals surface area contributed by atoms with Crippen molar-refractivity contribution < 1.29 is 8.78 Å². The molecule has 0 aromatic heterocycles. The van der Waals surface area contributed by atoms with Crippen molar-refractivity contribution in [1.29, 1.82) is 0 Å². The van der Waals surface area contributed by atoms with Crippen molar-refractivity contribution in [3.8, 4) is 0 Å². The van der Waals surface area contributed by atoms with Crippen molar-refractivity contribution in [3.63, 3.8) is 0 Å². The van der Waals surface area contributed by atoms with Gasteiger partial charge in [0.2, 0.25) is 0 Å². The van der Waals surface area contributed by atoms with E-state index >= 15 is 0 Å².